The molecule has 0 aromatic heterocycles. The number of ether oxygens (including phenoxy) is 1. The van der Waals surface area contributed by atoms with Crippen molar-refractivity contribution in [1.29, 1.82) is 0 Å². The molecule has 0 bridgehead atoms. The average molecular weight is 250 g/mol. The lowest BCUT2D eigenvalue weighted by Gasteiger charge is -2.18. The first-order valence-electron chi connectivity index (χ1n) is 6.44. The molecule has 0 N–H and O–H groups in total. The lowest BCUT2D eigenvalue weighted by atomic mass is 10.0. The van der Waals surface area contributed by atoms with Gasteiger partial charge < -0.3 is 4.74 Å². The summed E-state index contributed by atoms with van der Waals surface area (Å²) in [5.74, 6) is 0.00208. The zero-order valence-electron chi connectivity index (χ0n) is 11.7. The van der Waals surface area contributed by atoms with Gasteiger partial charge in [0.2, 0.25) is 0 Å². The van der Waals surface area contributed by atoms with Gasteiger partial charge in [-0.05, 0) is 44.3 Å². The van der Waals surface area contributed by atoms with Crippen LogP contribution in [0, 0.1) is 5.92 Å². The summed E-state index contributed by atoms with van der Waals surface area (Å²) < 4.78 is 5.49. The van der Waals surface area contributed by atoms with E-state index in [1.807, 2.05) is 26.8 Å². The molecule has 100 valence electrons. The minimum Gasteiger partial charge on any atom is -0.362 e. The monoisotopic (exact) mass is 250 g/mol. The van der Waals surface area contributed by atoms with Crippen molar-refractivity contribution in [3.05, 3.63) is 23.3 Å². The zero-order chi connectivity index (χ0) is 13.7. The number of hydrogen-bond acceptors (Lipinski definition) is 3. The molecule has 1 aliphatic rings. The molecule has 0 aromatic rings. The second-order valence-electron chi connectivity index (χ2n) is 5.22. The Morgan fingerprint density at radius 3 is 2.56 bits per heavy atom. The lowest BCUT2D eigenvalue weighted by Crippen LogP contribution is -2.30. The van der Waals surface area contributed by atoms with Crippen molar-refractivity contribution in [3.63, 3.8) is 0 Å². The summed E-state index contributed by atoms with van der Waals surface area (Å²) in [7, 11) is 0. The van der Waals surface area contributed by atoms with Crippen LogP contribution in [0.5, 0.6) is 0 Å². The molecule has 1 atom stereocenters. The van der Waals surface area contributed by atoms with E-state index in [0.717, 1.165) is 24.0 Å². The van der Waals surface area contributed by atoms with Crippen LogP contribution in [0.3, 0.4) is 0 Å². The molecule has 0 saturated carbocycles. The van der Waals surface area contributed by atoms with Crippen molar-refractivity contribution in [1.82, 2.24) is 0 Å². The second-order valence-corrected chi connectivity index (χ2v) is 5.22. The highest BCUT2D eigenvalue weighted by atomic mass is 16.5. The summed E-state index contributed by atoms with van der Waals surface area (Å²) in [5.41, 5.74) is 1.76. The first kappa shape index (κ1) is 14.8. The normalized spacial score (nSPS) is 23.5. The Morgan fingerprint density at radius 2 is 1.94 bits per heavy atom. The molecule has 1 aliphatic heterocycles. The number of carbonyl (C=O) groups excluding carboxylic acids is 2. The fourth-order valence-corrected chi connectivity index (χ4v) is 1.91. The third-order valence-electron chi connectivity index (χ3n) is 3.10. The Balaban J connectivity index is 2.94. The maximum atomic E-state index is 12.1. The quantitative estimate of drug-likeness (QED) is 0.718. The largest absolute Gasteiger partial charge is 0.362 e. The first-order chi connectivity index (χ1) is 8.41. The van der Waals surface area contributed by atoms with E-state index in [0.29, 0.717) is 0 Å². The van der Waals surface area contributed by atoms with Gasteiger partial charge in [-0.3, -0.25) is 9.59 Å². The average Bonchev–Trinajstić information content (AvgIpc) is 2.28. The lowest BCUT2D eigenvalue weighted by molar-refractivity contribution is -0.133. The maximum Gasteiger partial charge on any atom is 0.184 e. The second kappa shape index (κ2) is 6.64. The van der Waals surface area contributed by atoms with Gasteiger partial charge in [-0.15, -0.1) is 0 Å². The first-order valence-corrected chi connectivity index (χ1v) is 6.44. The molecule has 0 aliphatic carbocycles. The van der Waals surface area contributed by atoms with Gasteiger partial charge in [0.25, 0.3) is 0 Å². The van der Waals surface area contributed by atoms with Gasteiger partial charge in [-0.25, -0.2) is 0 Å². The molecule has 3 nitrogen and oxygen atoms in total. The van der Waals surface area contributed by atoms with Crippen LogP contribution in [0.4, 0.5) is 0 Å². The predicted molar refractivity (Wildman–Crippen MR) is 71.3 cm³/mol. The number of Topliss-reactive ketones (excluding diaryl/α,β-unsaturated/α-hetero) is 1. The number of allylic oxidation sites excluding steroid dienone is 2. The van der Waals surface area contributed by atoms with E-state index in [-0.39, 0.29) is 24.1 Å². The van der Waals surface area contributed by atoms with Crippen molar-refractivity contribution in [3.8, 4) is 0 Å². The third kappa shape index (κ3) is 4.22. The van der Waals surface area contributed by atoms with E-state index in [2.05, 4.69) is 0 Å². The van der Waals surface area contributed by atoms with Crippen LogP contribution in [0.2, 0.25) is 0 Å². The van der Waals surface area contributed by atoms with Gasteiger partial charge in [0.1, 0.15) is 12.7 Å². The minimum absolute atomic E-state index is 0.0101. The van der Waals surface area contributed by atoms with E-state index in [1.54, 1.807) is 13.0 Å². The van der Waals surface area contributed by atoms with Gasteiger partial charge in [0, 0.05) is 0 Å². The van der Waals surface area contributed by atoms with Crippen molar-refractivity contribution in [2.75, 3.05) is 6.61 Å². The molecule has 1 unspecified atom stereocenters. The summed E-state index contributed by atoms with van der Waals surface area (Å²) in [6.45, 7) is 7.59. The predicted octanol–water partition coefficient (Wildman–Crippen LogP) is 2.85. The molecule has 1 heterocycles. The Hall–Kier alpha value is -1.22. The van der Waals surface area contributed by atoms with Crippen LogP contribution < -0.4 is 0 Å². The Labute approximate surface area is 109 Å². The van der Waals surface area contributed by atoms with E-state index in [1.165, 1.54) is 0 Å². The molecule has 1 rings (SSSR count). The van der Waals surface area contributed by atoms with Crippen LogP contribution in [0.15, 0.2) is 23.3 Å². The van der Waals surface area contributed by atoms with Crippen molar-refractivity contribution < 1.29 is 14.3 Å². The number of rotatable bonds is 1. The molecule has 3 heteroatoms. The summed E-state index contributed by atoms with van der Waals surface area (Å²) in [6.07, 6.45) is 4.66. The Bertz CT molecular complexity index is 389. The minimum atomic E-state index is -0.519. The van der Waals surface area contributed by atoms with Gasteiger partial charge >= 0.3 is 0 Å². The standard InChI is InChI=1S/C15H22O3/c1-10(2)15-13(16)8-11(3)6-5-7-12(4)14(17)9-18-15/h7-8,10,15H,5-6,9H2,1-4H3. The molecule has 0 aromatic carbocycles. The fraction of sp³-hybridized carbons (Fsp3) is 0.600. The van der Waals surface area contributed by atoms with Crippen LogP contribution in [0.25, 0.3) is 0 Å². The molecule has 0 saturated heterocycles. The molecular weight excluding hydrogens is 228 g/mol. The van der Waals surface area contributed by atoms with Gasteiger partial charge in [-0.2, -0.15) is 0 Å². The van der Waals surface area contributed by atoms with Crippen LogP contribution in [-0.2, 0) is 14.3 Å². The maximum absolute atomic E-state index is 12.1. The zero-order valence-corrected chi connectivity index (χ0v) is 11.7. The van der Waals surface area contributed by atoms with E-state index in [9.17, 15) is 9.59 Å². The van der Waals surface area contributed by atoms with Crippen molar-refractivity contribution in [2.24, 2.45) is 5.92 Å². The van der Waals surface area contributed by atoms with Crippen LogP contribution in [-0.4, -0.2) is 24.3 Å². The molecular formula is C15H22O3. The van der Waals surface area contributed by atoms with Crippen molar-refractivity contribution >= 4 is 11.6 Å². The van der Waals surface area contributed by atoms with Crippen molar-refractivity contribution in [2.45, 2.75) is 46.6 Å². The highest BCUT2D eigenvalue weighted by Gasteiger charge is 2.23. The van der Waals surface area contributed by atoms with E-state index >= 15 is 0 Å². The smallest absolute Gasteiger partial charge is 0.184 e. The number of carbonyl (C=O) groups is 2. The van der Waals surface area contributed by atoms with Gasteiger partial charge in [0.05, 0.1) is 0 Å². The number of hydrogen-bond donors (Lipinski definition) is 0. The third-order valence-corrected chi connectivity index (χ3v) is 3.10. The fourth-order valence-electron chi connectivity index (χ4n) is 1.91. The molecule has 0 fully saturated rings. The topological polar surface area (TPSA) is 43.4 Å². The SMILES string of the molecule is CC1=CC(=O)C(C(C)C)OCC(=O)C(C)=CCC1. The highest BCUT2D eigenvalue weighted by molar-refractivity contribution is 5.97. The summed E-state index contributed by atoms with van der Waals surface area (Å²) in [5, 5.41) is 0. The molecule has 0 radical (unpaired) electrons. The van der Waals surface area contributed by atoms with Crippen LogP contribution in [0.1, 0.15) is 40.5 Å². The van der Waals surface area contributed by atoms with Gasteiger partial charge in [0.15, 0.2) is 11.6 Å². The molecule has 0 spiro atoms. The Kier molecular flexibility index (Phi) is 5.48. The summed E-state index contributed by atoms with van der Waals surface area (Å²) in [4.78, 5) is 23.8. The number of ketones is 2. The molecule has 0 amide bonds. The molecule has 18 heavy (non-hydrogen) atoms. The Morgan fingerprint density at radius 1 is 1.28 bits per heavy atom. The van der Waals surface area contributed by atoms with E-state index < -0.39 is 6.10 Å². The van der Waals surface area contributed by atoms with E-state index in [4.69, 9.17) is 4.74 Å². The van der Waals surface area contributed by atoms with Crippen LogP contribution >= 0.6 is 0 Å². The summed E-state index contributed by atoms with van der Waals surface area (Å²) in [6, 6.07) is 0. The highest BCUT2D eigenvalue weighted by Crippen LogP contribution is 2.15. The van der Waals surface area contributed by atoms with Gasteiger partial charge in [-0.1, -0.05) is 25.5 Å². The summed E-state index contributed by atoms with van der Waals surface area (Å²) >= 11 is 0.